The average Bonchev–Trinajstić information content (AvgIpc) is 0.956. The first-order chi connectivity index (χ1) is 68.0. The van der Waals surface area contributed by atoms with Gasteiger partial charge >= 0.3 is 0 Å². The molecule has 27 aliphatic heterocycles. The van der Waals surface area contributed by atoms with Crippen LogP contribution in [0.5, 0.6) is 0 Å². The summed E-state index contributed by atoms with van der Waals surface area (Å²) in [5.41, 5.74) is 0. The highest BCUT2D eigenvalue weighted by Crippen LogP contribution is 2.44. The van der Waals surface area contributed by atoms with Crippen LogP contribution in [0.3, 0.4) is 0 Å². The van der Waals surface area contributed by atoms with Crippen LogP contribution in [-0.2, 0) is 123 Å². The molecule has 143 heavy (non-hydrogen) atoms. The van der Waals surface area contributed by atoms with Crippen LogP contribution < -0.4 is 0 Å². The average molecular weight is 2110 g/mol. The fraction of sp³-hybridized carbons (Fsp3) is 1.00. The van der Waals surface area contributed by atoms with E-state index in [9.17, 15) is 199 Å². The van der Waals surface area contributed by atoms with Gasteiger partial charge in [-0.2, -0.15) is 0 Å². The van der Waals surface area contributed by atoms with Gasteiger partial charge in [-0.1, -0.05) is 0 Å². The smallest absolute Gasteiger partial charge is 0.187 e. The van der Waals surface area contributed by atoms with Crippen molar-refractivity contribution >= 4 is 0 Å². The molecule has 65 atom stereocenters. The fourth-order valence-electron chi connectivity index (χ4n) is 19.0. The lowest BCUT2D eigenvalue weighted by atomic mass is 9.95. The van der Waals surface area contributed by atoms with Crippen molar-refractivity contribution in [2.45, 2.75) is 399 Å². The number of aliphatic hydroxyl groups excluding tert-OH is 39. The summed E-state index contributed by atoms with van der Waals surface area (Å²) in [7, 11) is 0. The van der Waals surface area contributed by atoms with Crippen LogP contribution in [0, 0.1) is 0 Å². The van der Waals surface area contributed by atoms with E-state index < -0.39 is 485 Å². The molecule has 0 aromatic heterocycles. The predicted octanol–water partition coefficient (Wildman–Crippen LogP) is -28.3. The number of aliphatic hydroxyl groups is 39. The first-order valence-electron chi connectivity index (χ1n) is 45.7. The van der Waals surface area contributed by atoms with E-state index in [4.69, 9.17) is 123 Å². The Morgan fingerprint density at radius 1 is 0.126 bits per heavy atom. The molecule has 27 aliphatic rings. The zero-order chi connectivity index (χ0) is 104. The van der Waals surface area contributed by atoms with Crippen molar-refractivity contribution in [3.05, 3.63) is 0 Å². The molecule has 27 rings (SSSR count). The van der Waals surface area contributed by atoms with E-state index >= 15 is 0 Å². The van der Waals surface area contributed by atoms with Gasteiger partial charge in [0.1, 0.15) is 317 Å². The molecule has 0 amide bonds. The van der Waals surface area contributed by atoms with Gasteiger partial charge in [0.05, 0.1) is 85.9 Å². The van der Waals surface area contributed by atoms with Crippen molar-refractivity contribution in [2.24, 2.45) is 0 Å². The van der Waals surface area contributed by atoms with E-state index in [1.807, 2.05) is 0 Å². The van der Waals surface area contributed by atoms with Crippen molar-refractivity contribution in [3.63, 3.8) is 0 Å². The van der Waals surface area contributed by atoms with Gasteiger partial charge in [0.25, 0.3) is 0 Å². The molecule has 0 radical (unpaired) electrons. The van der Waals surface area contributed by atoms with E-state index in [0.717, 1.165) is 0 Å². The van der Waals surface area contributed by atoms with Gasteiger partial charge in [-0.05, 0) is 0 Å². The summed E-state index contributed by atoms with van der Waals surface area (Å²) in [6, 6.07) is 0. The summed E-state index contributed by atoms with van der Waals surface area (Å²) in [6.07, 6.45) is -147. The molecule has 0 aliphatic carbocycles. The molecule has 0 saturated carbocycles. The number of hydrogen-bond acceptors (Lipinski definition) is 65. The minimum absolute atomic E-state index is 0.990. The van der Waals surface area contributed by atoms with Crippen molar-refractivity contribution in [2.75, 3.05) is 85.9 Å². The lowest BCUT2D eigenvalue weighted by Crippen LogP contribution is -2.69. The largest absolute Gasteiger partial charge is 0.394 e. The maximum absolute atomic E-state index is 12.7. The molecule has 27 fully saturated rings. The molecule has 14 bridgehead atoms. The predicted molar refractivity (Wildman–Crippen MR) is 424 cm³/mol. The number of hydrogen-bond donors (Lipinski definition) is 39. The summed E-state index contributed by atoms with van der Waals surface area (Å²) >= 11 is 0. The van der Waals surface area contributed by atoms with Crippen LogP contribution in [0.15, 0.2) is 0 Å². The molecule has 832 valence electrons. The van der Waals surface area contributed by atoms with Crippen molar-refractivity contribution < 1.29 is 322 Å². The third-order valence-corrected chi connectivity index (χ3v) is 27.4. The third-order valence-electron chi connectivity index (χ3n) is 27.4. The molecular formula is C78H130O65. The first kappa shape index (κ1) is 116. The first-order valence-corrected chi connectivity index (χ1v) is 45.7. The van der Waals surface area contributed by atoms with Crippen LogP contribution in [0.4, 0.5) is 0 Å². The summed E-state index contributed by atoms with van der Waals surface area (Å²) in [5.74, 6) is 0. The lowest BCUT2D eigenvalue weighted by Gasteiger charge is -2.50. The Hall–Kier alpha value is -2.60. The summed E-state index contributed by atoms with van der Waals surface area (Å²) in [6.45, 7) is -15.6. The van der Waals surface area contributed by atoms with Crippen LogP contribution in [0.1, 0.15) is 0 Å². The molecule has 0 aromatic carbocycles. The van der Waals surface area contributed by atoms with Crippen molar-refractivity contribution in [1.29, 1.82) is 0 Å². The van der Waals surface area contributed by atoms with Gasteiger partial charge in [-0.25, -0.2) is 0 Å². The molecule has 27 heterocycles. The minimum atomic E-state index is -2.77. The normalized spacial score (nSPS) is 54.9. The topological polar surface area (TPSA) is 1030 Å². The van der Waals surface area contributed by atoms with Gasteiger partial charge in [0.15, 0.2) is 81.8 Å². The second-order valence-electron chi connectivity index (χ2n) is 36.6. The Kier molecular flexibility index (Phi) is 40.4. The van der Waals surface area contributed by atoms with E-state index in [1.165, 1.54) is 0 Å². The highest BCUT2D eigenvalue weighted by molar-refractivity contribution is 5.06. The van der Waals surface area contributed by atoms with E-state index in [0.29, 0.717) is 0 Å². The van der Waals surface area contributed by atoms with Crippen LogP contribution >= 0.6 is 0 Å². The van der Waals surface area contributed by atoms with E-state index in [2.05, 4.69) is 0 Å². The van der Waals surface area contributed by atoms with Crippen LogP contribution in [0.25, 0.3) is 0 Å². The van der Waals surface area contributed by atoms with E-state index in [1.54, 1.807) is 0 Å². The number of rotatable bonds is 25. The quantitative estimate of drug-likeness (QED) is 0.0404. The lowest BCUT2D eigenvalue weighted by molar-refractivity contribution is -0.404. The Morgan fingerprint density at radius 2 is 0.280 bits per heavy atom. The Morgan fingerprint density at radius 3 is 0.455 bits per heavy atom. The zero-order valence-electron chi connectivity index (χ0n) is 74.8. The molecule has 65 nitrogen and oxygen atoms in total. The van der Waals surface area contributed by atoms with Gasteiger partial charge in [0.2, 0.25) is 0 Å². The van der Waals surface area contributed by atoms with E-state index in [-0.39, 0.29) is 0 Å². The number of ether oxygens (including phenoxy) is 26. The fourth-order valence-corrected chi connectivity index (χ4v) is 19.0. The minimum Gasteiger partial charge on any atom is -0.394 e. The van der Waals surface area contributed by atoms with Crippen molar-refractivity contribution in [3.8, 4) is 0 Å². The Balaban J connectivity index is 0.816. The second-order valence-corrected chi connectivity index (χ2v) is 36.6. The summed E-state index contributed by atoms with van der Waals surface area (Å²) in [5, 5.41) is 441. The molecule has 65 heteroatoms. The highest BCUT2D eigenvalue weighted by atomic mass is 16.8. The molecular weight excluding hydrogens is 1980 g/mol. The zero-order valence-corrected chi connectivity index (χ0v) is 74.8. The second kappa shape index (κ2) is 49.9. The Bertz CT molecular complexity index is 3730. The van der Waals surface area contributed by atoms with Crippen LogP contribution in [0.2, 0.25) is 0 Å². The van der Waals surface area contributed by atoms with Gasteiger partial charge in [-0.3, -0.25) is 0 Å². The monoisotopic (exact) mass is 2110 g/mol. The van der Waals surface area contributed by atoms with Gasteiger partial charge in [-0.15, -0.1) is 0 Å². The summed E-state index contributed by atoms with van der Waals surface area (Å²) in [4.78, 5) is 0. The standard InChI is InChI=1S/C78H130O65/c79-1-14-27(89)30(92)43(105)69(121-14)134-56-17(4-82)124-66(46(108)33(56)95)118-11-24-63-41(103)54(116)77(132-24)143-65-26(13-120-68-48(110)35(97)58(19(6-84)126-68)136-71-45(107)32(94)29(91)16(3-81)123-71)133-78(55(117)42(65)104)142-64-25(12-119-67-47(109)34(96)57(18(5-83)125-67)135-70-44(106)31(93)28(90)15(2-80)122-70)131-76(53(115)40(64)102)140-62-23(10-88)129-74(51(113)38(62)100)138-60-21(8-86)127-72(49(111)36(60)98)137-59-20(7-85)128-73(50(112)37(59)99)139-61-22(9-87)130-75(141-63)52(114)39(61)101/h14-117H,1-13H2/t14-,15-,16-,17-,18-,19-,20-,21-,22-,23-,24-,25-,26-,27-,28-,29-,30+,31+,32+,33-,34-,35-,36-,37-,38-,39-,40-,41-,42-,43-,44-,45-,46-,47-,48-,49-,50-,51-,52-,53-,54-,55-,56-,57-,58-,59-,60-,61-,62-,63-,64-,65-,66+,67+,68+,69-,70-,71-,72-,73-,74-,75-,76-,77-,78-/m1/s1. The summed E-state index contributed by atoms with van der Waals surface area (Å²) < 4.78 is 152. The highest BCUT2D eigenvalue weighted by Gasteiger charge is 2.64. The maximum atomic E-state index is 12.7. The Labute approximate surface area is 805 Å². The molecule has 0 spiro atoms. The molecule has 0 aromatic rings. The SMILES string of the molecule is OC[C@H]1O[C@H](O[C@H]2[C@H](O)[C@@H](O)[C@@H](OC[C@H]3O[C@@H]4O[C@H]5[C@H](O)[C@@H](O)[C@@H](O[C@H]6[C@H](O)[C@@H](O)[C@@H](O[C@H]7[C@H](O)[C@@H](O)[C@@H](O[C@H]8[C@H](O)[C@@H](O)[C@@H](O[C@H]9[C@H](O)[C@@H](O)[C@@H](O[C@H]%10[C@H](O)[C@@H](O)[C@@H](O[C@H]3[C@H](O)[C@H]4O)O[C@@H]%10CO)O[C@@H]9CO)O[C@@H]8CO)O[C@@H]7CO)O[C@@H]6CO[C@H]3O[C@H](CO)[C@@H](O[C@H]4O[C@H](CO)[C@@H](O)[C@H](O)[C@H]4O)[C@H](O)[C@H]3O)O[C@@H]5CO[C@H]3O[C@H](CO)[C@@H](O[C@H]4O[C@H](CO)[C@@H](O)[C@H](O)[C@H]4O)[C@H](O)[C@H]3O)O[C@@H]2CO)[C@H](O)[C@@H](O)[C@@H]1O. The van der Waals surface area contributed by atoms with Gasteiger partial charge < -0.3 is 322 Å². The molecule has 0 unspecified atom stereocenters. The van der Waals surface area contributed by atoms with Gasteiger partial charge in [0, 0.05) is 0 Å². The van der Waals surface area contributed by atoms with Crippen molar-refractivity contribution in [1.82, 2.24) is 0 Å². The third kappa shape index (κ3) is 23.8. The maximum Gasteiger partial charge on any atom is 0.187 e. The molecule has 27 saturated heterocycles. The molecule has 39 N–H and O–H groups in total. The van der Waals surface area contributed by atoms with Crippen LogP contribution in [-0.4, -0.2) is 684 Å².